The van der Waals surface area contributed by atoms with Crippen LogP contribution in [0.15, 0.2) is 0 Å². The highest BCUT2D eigenvalue weighted by atomic mass is 35.5. The number of hydrogen-bond donors (Lipinski definition) is 0. The number of fused-ring (bicyclic) bond motifs is 3. The summed E-state index contributed by atoms with van der Waals surface area (Å²) >= 11 is 8.24. The lowest BCUT2D eigenvalue weighted by molar-refractivity contribution is 0.218. The molecule has 21 heavy (non-hydrogen) atoms. The van der Waals surface area contributed by atoms with E-state index >= 15 is 0 Å². The van der Waals surface area contributed by atoms with Crippen molar-refractivity contribution in [1.82, 2.24) is 9.97 Å². The molecule has 1 atom stereocenters. The van der Waals surface area contributed by atoms with Crippen molar-refractivity contribution in [3.05, 3.63) is 15.6 Å². The Bertz CT molecular complexity index is 685. The van der Waals surface area contributed by atoms with E-state index in [2.05, 4.69) is 30.7 Å². The van der Waals surface area contributed by atoms with Crippen molar-refractivity contribution in [3.63, 3.8) is 0 Å². The molecule has 1 aliphatic rings. The number of nitrogens with zero attached hydrogens (tertiary/aromatic N) is 3. The number of hydrogen-bond acceptors (Lipinski definition) is 4. The average Bonchev–Trinajstić information content (AvgIpc) is 2.74. The molecule has 0 aromatic carbocycles. The maximum atomic E-state index is 6.44. The smallest absolute Gasteiger partial charge is 0.227 e. The predicted octanol–water partition coefficient (Wildman–Crippen LogP) is 4.56. The highest BCUT2D eigenvalue weighted by Crippen LogP contribution is 2.44. The quantitative estimate of drug-likeness (QED) is 0.720. The number of aryl methyl sites for hydroxylation is 1. The first kappa shape index (κ1) is 15.0. The number of anilines is 1. The summed E-state index contributed by atoms with van der Waals surface area (Å²) in [5.74, 6) is 1.43. The molecule has 0 saturated carbocycles. The minimum absolute atomic E-state index is 0.359. The van der Waals surface area contributed by atoms with Crippen LogP contribution in [0.2, 0.25) is 5.15 Å². The van der Waals surface area contributed by atoms with Gasteiger partial charge < -0.3 is 4.90 Å². The minimum atomic E-state index is 0.359. The van der Waals surface area contributed by atoms with Crippen LogP contribution in [0.3, 0.4) is 0 Å². The van der Waals surface area contributed by atoms with Gasteiger partial charge in [0.2, 0.25) is 5.95 Å². The number of halogens is 1. The van der Waals surface area contributed by atoms with Crippen LogP contribution in [-0.2, 0) is 12.8 Å². The van der Waals surface area contributed by atoms with Gasteiger partial charge in [-0.05, 0) is 36.2 Å². The molecule has 0 fully saturated rings. The fraction of sp³-hybridized carbons (Fsp3) is 0.625. The first-order valence-electron chi connectivity index (χ1n) is 7.42. The van der Waals surface area contributed by atoms with E-state index in [0.717, 1.165) is 29.0 Å². The Hall–Kier alpha value is -0.870. The highest BCUT2D eigenvalue weighted by molar-refractivity contribution is 7.19. The highest BCUT2D eigenvalue weighted by Gasteiger charge is 2.31. The van der Waals surface area contributed by atoms with E-state index in [-0.39, 0.29) is 0 Å². The molecule has 1 aliphatic carbocycles. The Balaban J connectivity index is 2.09. The van der Waals surface area contributed by atoms with Crippen LogP contribution in [0.25, 0.3) is 10.2 Å². The first-order valence-corrected chi connectivity index (χ1v) is 8.62. The van der Waals surface area contributed by atoms with E-state index in [4.69, 9.17) is 11.6 Å². The van der Waals surface area contributed by atoms with Gasteiger partial charge in [0.1, 0.15) is 9.98 Å². The lowest BCUT2D eigenvalue weighted by atomic mass is 9.72. The van der Waals surface area contributed by atoms with Crippen molar-refractivity contribution in [2.24, 2.45) is 11.3 Å². The zero-order valence-corrected chi connectivity index (χ0v) is 14.9. The molecule has 0 bridgehead atoms. The van der Waals surface area contributed by atoms with Crippen molar-refractivity contribution in [2.45, 2.75) is 40.0 Å². The summed E-state index contributed by atoms with van der Waals surface area (Å²) in [4.78, 5) is 13.5. The summed E-state index contributed by atoms with van der Waals surface area (Å²) in [6.45, 7) is 7.02. The molecule has 5 heteroatoms. The third-order valence-electron chi connectivity index (χ3n) is 4.48. The van der Waals surface area contributed by atoms with Crippen LogP contribution >= 0.6 is 22.9 Å². The summed E-state index contributed by atoms with van der Waals surface area (Å²) in [6.07, 6.45) is 3.48. The van der Waals surface area contributed by atoms with E-state index in [1.165, 1.54) is 16.9 Å². The van der Waals surface area contributed by atoms with Crippen molar-refractivity contribution < 1.29 is 0 Å². The fourth-order valence-electron chi connectivity index (χ4n) is 3.06. The number of aromatic nitrogens is 2. The lowest BCUT2D eigenvalue weighted by Gasteiger charge is -2.33. The molecule has 0 radical (unpaired) electrons. The van der Waals surface area contributed by atoms with E-state index in [9.17, 15) is 0 Å². The van der Waals surface area contributed by atoms with Crippen LogP contribution < -0.4 is 4.90 Å². The summed E-state index contributed by atoms with van der Waals surface area (Å²) < 4.78 is 0. The van der Waals surface area contributed by atoms with Crippen molar-refractivity contribution >= 4 is 39.1 Å². The molecule has 0 amide bonds. The second kappa shape index (κ2) is 5.10. The first-order chi connectivity index (χ1) is 9.77. The Morgan fingerprint density at radius 3 is 2.57 bits per heavy atom. The molecule has 114 valence electrons. The van der Waals surface area contributed by atoms with Crippen LogP contribution in [0.4, 0.5) is 5.95 Å². The Morgan fingerprint density at radius 2 is 1.95 bits per heavy atom. The van der Waals surface area contributed by atoms with Gasteiger partial charge in [-0.3, -0.25) is 0 Å². The van der Waals surface area contributed by atoms with Gasteiger partial charge in [-0.15, -0.1) is 11.3 Å². The topological polar surface area (TPSA) is 29.0 Å². The summed E-state index contributed by atoms with van der Waals surface area (Å²) in [5, 5.41) is 1.70. The molecule has 3 nitrogen and oxygen atoms in total. The van der Waals surface area contributed by atoms with Gasteiger partial charge in [-0.2, -0.15) is 0 Å². The van der Waals surface area contributed by atoms with E-state index in [1.54, 1.807) is 11.3 Å². The van der Waals surface area contributed by atoms with Crippen molar-refractivity contribution in [1.29, 1.82) is 0 Å². The minimum Gasteiger partial charge on any atom is -0.347 e. The lowest BCUT2D eigenvalue weighted by Crippen LogP contribution is -2.26. The second-order valence-electron chi connectivity index (χ2n) is 7.20. The van der Waals surface area contributed by atoms with Crippen LogP contribution in [0.1, 0.15) is 37.6 Å². The zero-order valence-electron chi connectivity index (χ0n) is 13.3. The average molecular weight is 324 g/mol. The Kier molecular flexibility index (Phi) is 3.65. The molecule has 1 unspecified atom stereocenters. The maximum absolute atomic E-state index is 6.44. The molecule has 0 aliphatic heterocycles. The predicted molar refractivity (Wildman–Crippen MR) is 91.7 cm³/mol. The summed E-state index contributed by atoms with van der Waals surface area (Å²) in [7, 11) is 3.89. The van der Waals surface area contributed by atoms with Gasteiger partial charge in [-0.25, -0.2) is 9.97 Å². The van der Waals surface area contributed by atoms with Crippen LogP contribution in [0, 0.1) is 11.3 Å². The number of rotatable bonds is 1. The normalized spacial score (nSPS) is 18.9. The van der Waals surface area contributed by atoms with Gasteiger partial charge >= 0.3 is 0 Å². The van der Waals surface area contributed by atoms with Crippen LogP contribution in [0.5, 0.6) is 0 Å². The van der Waals surface area contributed by atoms with Gasteiger partial charge in [0.05, 0.1) is 5.39 Å². The van der Waals surface area contributed by atoms with Gasteiger partial charge in [0.15, 0.2) is 0 Å². The van der Waals surface area contributed by atoms with Gasteiger partial charge in [-0.1, -0.05) is 32.4 Å². The Morgan fingerprint density at radius 1 is 1.24 bits per heavy atom. The van der Waals surface area contributed by atoms with Crippen molar-refractivity contribution in [3.8, 4) is 0 Å². The van der Waals surface area contributed by atoms with Crippen LogP contribution in [-0.4, -0.2) is 24.1 Å². The molecule has 2 aromatic rings. The van der Waals surface area contributed by atoms with Gasteiger partial charge in [0.25, 0.3) is 0 Å². The van der Waals surface area contributed by atoms with E-state index in [0.29, 0.717) is 16.5 Å². The molecule has 0 spiro atoms. The SMILES string of the molecule is CN(C)c1nc(Cl)c2c3c(sc2n1)CC(C(C)(C)C)CC3. The monoisotopic (exact) mass is 323 g/mol. The standard InChI is InChI=1S/C16H22ClN3S/c1-16(2,3)9-6-7-10-11(8-9)21-14-12(10)13(17)18-15(19-14)20(4)5/h9H,6-8H2,1-5H3. The molecule has 2 heterocycles. The largest absolute Gasteiger partial charge is 0.347 e. The zero-order chi connectivity index (χ0) is 15.4. The molecule has 2 aromatic heterocycles. The van der Waals surface area contributed by atoms with Gasteiger partial charge in [0, 0.05) is 19.0 Å². The molecule has 0 N–H and O–H groups in total. The molecular formula is C16H22ClN3S. The third kappa shape index (κ3) is 2.64. The summed E-state index contributed by atoms with van der Waals surface area (Å²) in [5.41, 5.74) is 1.75. The van der Waals surface area contributed by atoms with E-state index in [1.807, 2.05) is 19.0 Å². The number of thiophene rings is 1. The van der Waals surface area contributed by atoms with E-state index < -0.39 is 0 Å². The summed E-state index contributed by atoms with van der Waals surface area (Å²) in [6, 6.07) is 0. The Labute approximate surface area is 135 Å². The third-order valence-corrected chi connectivity index (χ3v) is 5.90. The molecular weight excluding hydrogens is 302 g/mol. The van der Waals surface area contributed by atoms with Crippen molar-refractivity contribution in [2.75, 3.05) is 19.0 Å². The maximum Gasteiger partial charge on any atom is 0.227 e. The fourth-order valence-corrected chi connectivity index (χ4v) is 4.69. The molecule has 0 saturated heterocycles. The second-order valence-corrected chi connectivity index (χ2v) is 8.64. The molecule has 3 rings (SSSR count).